The first-order valence-electron chi connectivity index (χ1n) is 11.5. The number of nitrogens with zero attached hydrogens (tertiary/aromatic N) is 1. The minimum Gasteiger partial charge on any atom is -0.354 e. The van der Waals surface area contributed by atoms with E-state index in [2.05, 4.69) is 5.32 Å². The molecule has 0 radical (unpaired) electrons. The monoisotopic (exact) mass is 496 g/mol. The van der Waals surface area contributed by atoms with E-state index >= 15 is 0 Å². The summed E-state index contributed by atoms with van der Waals surface area (Å²) in [7, 11) is 0. The molecule has 0 aliphatic heterocycles. The van der Waals surface area contributed by atoms with Gasteiger partial charge < -0.3 is 10.2 Å². The molecule has 1 N–H and O–H groups in total. The largest absolute Gasteiger partial charge is 0.354 e. The van der Waals surface area contributed by atoms with Crippen LogP contribution in [0.3, 0.4) is 0 Å². The fourth-order valence-corrected chi connectivity index (χ4v) is 4.30. The van der Waals surface area contributed by atoms with Crippen LogP contribution in [0.25, 0.3) is 0 Å². The summed E-state index contributed by atoms with van der Waals surface area (Å²) >= 11 is 12.4. The number of hydrogen-bond acceptors (Lipinski definition) is 2. The maximum absolute atomic E-state index is 13.7. The molecule has 0 bridgehead atoms. The van der Waals surface area contributed by atoms with Crippen molar-refractivity contribution in [2.45, 2.75) is 45.7 Å². The van der Waals surface area contributed by atoms with Crippen molar-refractivity contribution in [3.8, 4) is 0 Å². The zero-order valence-corrected chi connectivity index (χ0v) is 21.1. The van der Waals surface area contributed by atoms with E-state index in [1.165, 1.54) is 0 Å². The van der Waals surface area contributed by atoms with Gasteiger partial charge in [0.1, 0.15) is 6.04 Å². The molecule has 3 aromatic rings. The van der Waals surface area contributed by atoms with Crippen LogP contribution < -0.4 is 5.32 Å². The molecule has 6 heteroatoms. The Kier molecular flexibility index (Phi) is 9.55. The second-order valence-electron chi connectivity index (χ2n) is 8.36. The van der Waals surface area contributed by atoms with Crippen LogP contribution in [0.2, 0.25) is 10.0 Å². The molecular weight excluding hydrogens is 467 g/mol. The summed E-state index contributed by atoms with van der Waals surface area (Å²) < 4.78 is 0. The van der Waals surface area contributed by atoms with Gasteiger partial charge in [-0.3, -0.25) is 9.59 Å². The Labute approximate surface area is 211 Å². The summed E-state index contributed by atoms with van der Waals surface area (Å²) in [5.41, 5.74) is 3.74. The second kappa shape index (κ2) is 12.6. The lowest BCUT2D eigenvalue weighted by atomic mass is 10.0. The second-order valence-corrected chi connectivity index (χ2v) is 9.20. The van der Waals surface area contributed by atoms with Crippen molar-refractivity contribution in [2.24, 2.45) is 0 Å². The standard InChI is InChI=1S/C28H30Cl2N2O2/c1-3-15-31-28(34)26(16-21-10-5-4-6-11-21)32(19-23-12-8-7-9-20(23)2)27(33)17-22-13-14-24(29)18-25(22)30/h4-14,18,26H,3,15-17,19H2,1-2H3,(H,31,34)/t26-/m1/s1. The summed E-state index contributed by atoms with van der Waals surface area (Å²) in [5.74, 6) is -0.324. The van der Waals surface area contributed by atoms with Crippen LogP contribution in [-0.2, 0) is 29.0 Å². The lowest BCUT2D eigenvalue weighted by molar-refractivity contribution is -0.140. The van der Waals surface area contributed by atoms with Gasteiger partial charge in [0.15, 0.2) is 0 Å². The first-order chi connectivity index (χ1) is 16.4. The van der Waals surface area contributed by atoms with Gasteiger partial charge in [0.2, 0.25) is 11.8 Å². The fraction of sp³-hybridized carbons (Fsp3) is 0.286. The van der Waals surface area contributed by atoms with E-state index in [1.807, 2.05) is 68.4 Å². The van der Waals surface area contributed by atoms with Crippen LogP contribution in [0.5, 0.6) is 0 Å². The lowest BCUT2D eigenvalue weighted by Crippen LogP contribution is -2.51. The number of carbonyl (C=O) groups is 2. The molecule has 0 heterocycles. The molecule has 0 spiro atoms. The van der Waals surface area contributed by atoms with Crippen molar-refractivity contribution in [2.75, 3.05) is 6.54 Å². The summed E-state index contributed by atoms with van der Waals surface area (Å²) in [6.45, 7) is 4.90. The van der Waals surface area contributed by atoms with E-state index in [4.69, 9.17) is 23.2 Å². The van der Waals surface area contributed by atoms with Crippen molar-refractivity contribution >= 4 is 35.0 Å². The van der Waals surface area contributed by atoms with E-state index in [0.717, 1.165) is 23.1 Å². The number of amides is 2. The molecule has 3 aromatic carbocycles. The van der Waals surface area contributed by atoms with E-state index < -0.39 is 6.04 Å². The molecule has 0 aromatic heterocycles. The molecule has 0 fully saturated rings. The zero-order chi connectivity index (χ0) is 24.5. The van der Waals surface area contributed by atoms with Gasteiger partial charge in [-0.2, -0.15) is 0 Å². The molecule has 2 amide bonds. The molecule has 34 heavy (non-hydrogen) atoms. The molecule has 4 nitrogen and oxygen atoms in total. The van der Waals surface area contributed by atoms with Crippen LogP contribution in [0.15, 0.2) is 72.8 Å². The van der Waals surface area contributed by atoms with E-state index in [9.17, 15) is 9.59 Å². The van der Waals surface area contributed by atoms with Gasteiger partial charge in [0, 0.05) is 29.6 Å². The van der Waals surface area contributed by atoms with Crippen molar-refractivity contribution in [3.63, 3.8) is 0 Å². The van der Waals surface area contributed by atoms with Gasteiger partial charge in [-0.15, -0.1) is 0 Å². The quantitative estimate of drug-likeness (QED) is 0.373. The third-order valence-corrected chi connectivity index (χ3v) is 6.37. The molecule has 0 unspecified atom stereocenters. The van der Waals surface area contributed by atoms with E-state index in [1.54, 1.807) is 23.1 Å². The molecule has 1 atom stereocenters. The van der Waals surface area contributed by atoms with Gasteiger partial charge in [-0.25, -0.2) is 0 Å². The van der Waals surface area contributed by atoms with Crippen molar-refractivity contribution in [1.29, 1.82) is 0 Å². The number of hydrogen-bond donors (Lipinski definition) is 1. The molecule has 0 saturated carbocycles. The average molecular weight is 497 g/mol. The third kappa shape index (κ3) is 7.09. The van der Waals surface area contributed by atoms with Gasteiger partial charge in [-0.1, -0.05) is 90.8 Å². The molecule has 0 aliphatic carbocycles. The van der Waals surface area contributed by atoms with Crippen LogP contribution in [0, 0.1) is 6.92 Å². The minimum atomic E-state index is -0.660. The third-order valence-electron chi connectivity index (χ3n) is 5.78. The molecule has 0 aliphatic rings. The predicted molar refractivity (Wildman–Crippen MR) is 139 cm³/mol. The number of aryl methyl sites for hydroxylation is 1. The summed E-state index contributed by atoms with van der Waals surface area (Å²) in [4.78, 5) is 28.8. The maximum atomic E-state index is 13.7. The minimum absolute atomic E-state index is 0.0776. The van der Waals surface area contributed by atoms with Gasteiger partial charge in [0.25, 0.3) is 0 Å². The number of benzene rings is 3. The van der Waals surface area contributed by atoms with Gasteiger partial charge in [0.05, 0.1) is 6.42 Å². The van der Waals surface area contributed by atoms with Crippen LogP contribution >= 0.6 is 23.2 Å². The fourth-order valence-electron chi connectivity index (χ4n) is 3.82. The normalized spacial score (nSPS) is 11.6. The first kappa shape index (κ1) is 25.8. The molecule has 3 rings (SSSR count). The highest BCUT2D eigenvalue weighted by molar-refractivity contribution is 6.35. The number of carbonyl (C=O) groups excluding carboxylic acids is 2. The number of nitrogens with one attached hydrogen (secondary N) is 1. The molecular formula is C28H30Cl2N2O2. The Hall–Kier alpha value is -2.82. The highest BCUT2D eigenvalue weighted by Crippen LogP contribution is 2.24. The Morgan fingerprint density at radius 3 is 2.32 bits per heavy atom. The Morgan fingerprint density at radius 1 is 0.941 bits per heavy atom. The molecule has 0 saturated heterocycles. The van der Waals surface area contributed by atoms with Crippen LogP contribution in [0.4, 0.5) is 0 Å². The molecule has 178 valence electrons. The highest BCUT2D eigenvalue weighted by Gasteiger charge is 2.30. The topological polar surface area (TPSA) is 49.4 Å². The van der Waals surface area contributed by atoms with Crippen molar-refractivity contribution in [1.82, 2.24) is 10.2 Å². The number of halogens is 2. The van der Waals surface area contributed by atoms with Crippen molar-refractivity contribution in [3.05, 3.63) is 105 Å². The predicted octanol–water partition coefficient (Wildman–Crippen LogP) is 6.01. The number of rotatable bonds is 10. The Balaban J connectivity index is 1.98. The summed E-state index contributed by atoms with van der Waals surface area (Å²) in [6.07, 6.45) is 1.31. The van der Waals surface area contributed by atoms with E-state index in [0.29, 0.717) is 35.1 Å². The smallest absolute Gasteiger partial charge is 0.243 e. The first-order valence-corrected chi connectivity index (χ1v) is 12.2. The Morgan fingerprint density at radius 2 is 1.65 bits per heavy atom. The van der Waals surface area contributed by atoms with Gasteiger partial charge in [-0.05, 0) is 47.7 Å². The van der Waals surface area contributed by atoms with Crippen LogP contribution in [-0.4, -0.2) is 29.3 Å². The summed E-state index contributed by atoms with van der Waals surface area (Å²) in [5, 5.41) is 3.94. The highest BCUT2D eigenvalue weighted by atomic mass is 35.5. The summed E-state index contributed by atoms with van der Waals surface area (Å²) in [6, 6.07) is 22.2. The Bertz CT molecular complexity index is 1120. The zero-order valence-electron chi connectivity index (χ0n) is 19.6. The lowest BCUT2D eigenvalue weighted by Gasteiger charge is -2.32. The van der Waals surface area contributed by atoms with E-state index in [-0.39, 0.29) is 18.2 Å². The van der Waals surface area contributed by atoms with Crippen LogP contribution in [0.1, 0.15) is 35.6 Å². The maximum Gasteiger partial charge on any atom is 0.243 e. The van der Waals surface area contributed by atoms with Gasteiger partial charge >= 0.3 is 0 Å². The SMILES string of the molecule is CCCNC(=O)[C@@H](Cc1ccccc1)N(Cc1ccccc1C)C(=O)Cc1ccc(Cl)cc1Cl. The average Bonchev–Trinajstić information content (AvgIpc) is 2.83. The van der Waals surface area contributed by atoms with Crippen molar-refractivity contribution < 1.29 is 9.59 Å².